The number of aromatic carboxylic acids is 1. The number of nitro benzene ring substituents is 1. The zero-order chi connectivity index (χ0) is 19.8. The van der Waals surface area contributed by atoms with Crippen molar-refractivity contribution >= 4 is 34.9 Å². The molecule has 0 aliphatic heterocycles. The van der Waals surface area contributed by atoms with Gasteiger partial charge in [0.1, 0.15) is 5.69 Å². The molecule has 1 amide bonds. The Morgan fingerprint density at radius 1 is 1.11 bits per heavy atom. The Labute approximate surface area is 161 Å². The Balaban J connectivity index is 1.85. The minimum absolute atomic E-state index is 0.110. The molecule has 0 aromatic heterocycles. The number of hydrogen-bond donors (Lipinski definition) is 2. The molecular weight excluding hydrogens is 372 g/mol. The van der Waals surface area contributed by atoms with Gasteiger partial charge in [0.05, 0.1) is 10.5 Å². The minimum Gasteiger partial charge on any atom is -0.478 e. The lowest BCUT2D eigenvalue weighted by Crippen LogP contribution is -2.13. The Morgan fingerprint density at radius 3 is 2.52 bits per heavy atom. The number of anilines is 1. The number of amides is 1. The second kappa shape index (κ2) is 9.68. The fourth-order valence-electron chi connectivity index (χ4n) is 2.62. The van der Waals surface area contributed by atoms with E-state index in [4.69, 9.17) is 16.7 Å². The first-order chi connectivity index (χ1) is 12.9. The molecule has 0 unspecified atom stereocenters. The molecule has 2 N–H and O–H groups in total. The highest BCUT2D eigenvalue weighted by Crippen LogP contribution is 2.26. The third-order valence-electron chi connectivity index (χ3n) is 4.02. The van der Waals surface area contributed by atoms with Gasteiger partial charge < -0.3 is 10.4 Å². The lowest BCUT2D eigenvalue weighted by atomic mass is 10.1. The molecule has 0 atom stereocenters. The van der Waals surface area contributed by atoms with E-state index in [-0.39, 0.29) is 23.4 Å². The molecule has 0 spiro atoms. The zero-order valence-electron chi connectivity index (χ0n) is 14.5. The largest absolute Gasteiger partial charge is 0.478 e. The Morgan fingerprint density at radius 2 is 1.85 bits per heavy atom. The number of hydrogen-bond acceptors (Lipinski definition) is 4. The lowest BCUT2D eigenvalue weighted by molar-refractivity contribution is -0.383. The number of carboxylic acid groups (broad SMARTS) is 1. The van der Waals surface area contributed by atoms with Crippen LogP contribution in [0.4, 0.5) is 11.4 Å². The molecule has 0 bridgehead atoms. The molecule has 0 aliphatic rings. The maximum Gasteiger partial charge on any atom is 0.335 e. The van der Waals surface area contributed by atoms with Crippen LogP contribution in [0.15, 0.2) is 42.5 Å². The minimum atomic E-state index is -1.22. The number of unbranched alkanes of at least 4 members (excludes halogenated alkanes) is 2. The summed E-state index contributed by atoms with van der Waals surface area (Å²) >= 11 is 6.09. The Bertz CT molecular complexity index is 854. The first-order valence-corrected chi connectivity index (χ1v) is 8.81. The summed E-state index contributed by atoms with van der Waals surface area (Å²) in [6, 6.07) is 10.9. The summed E-state index contributed by atoms with van der Waals surface area (Å²) in [6.07, 6.45) is 3.29. The summed E-state index contributed by atoms with van der Waals surface area (Å²) in [4.78, 5) is 33.4. The lowest BCUT2D eigenvalue weighted by Gasteiger charge is -2.07. The molecule has 0 saturated carbocycles. The summed E-state index contributed by atoms with van der Waals surface area (Å²) in [5, 5.41) is 23.2. The van der Waals surface area contributed by atoms with Crippen LogP contribution in [0.2, 0.25) is 5.02 Å². The number of benzene rings is 2. The van der Waals surface area contributed by atoms with Crippen molar-refractivity contribution in [3.63, 3.8) is 0 Å². The Kier molecular flexibility index (Phi) is 7.31. The molecule has 2 aromatic rings. The van der Waals surface area contributed by atoms with Crippen molar-refractivity contribution < 1.29 is 19.6 Å². The van der Waals surface area contributed by atoms with Gasteiger partial charge in [-0.25, -0.2) is 4.79 Å². The number of carbonyl (C=O) groups is 2. The average molecular weight is 391 g/mol. The van der Waals surface area contributed by atoms with E-state index in [0.29, 0.717) is 6.42 Å². The van der Waals surface area contributed by atoms with E-state index in [0.717, 1.165) is 48.0 Å². The maximum absolute atomic E-state index is 12.1. The van der Waals surface area contributed by atoms with Gasteiger partial charge >= 0.3 is 5.97 Å². The van der Waals surface area contributed by atoms with E-state index in [1.807, 2.05) is 24.3 Å². The van der Waals surface area contributed by atoms with Crippen LogP contribution in [-0.4, -0.2) is 21.9 Å². The SMILES string of the molecule is O=C(CCCCCc1ccccc1Cl)Nc1cc(C(=O)O)ccc1[N+](=O)[O-]. The van der Waals surface area contributed by atoms with Crippen LogP contribution in [0.25, 0.3) is 0 Å². The van der Waals surface area contributed by atoms with Crippen LogP contribution in [0.1, 0.15) is 41.6 Å². The van der Waals surface area contributed by atoms with E-state index in [9.17, 15) is 19.7 Å². The highest BCUT2D eigenvalue weighted by Gasteiger charge is 2.18. The predicted molar refractivity (Wildman–Crippen MR) is 102 cm³/mol. The van der Waals surface area contributed by atoms with Crippen molar-refractivity contribution in [1.29, 1.82) is 0 Å². The third kappa shape index (κ3) is 6.07. The van der Waals surface area contributed by atoms with Crippen LogP contribution >= 0.6 is 11.6 Å². The molecule has 8 heteroatoms. The standard InChI is InChI=1S/C19H19ClN2O5/c20-15-8-5-4-7-13(15)6-2-1-3-9-18(23)21-16-12-14(19(24)25)10-11-17(16)22(26)27/h4-5,7-8,10-12H,1-3,6,9H2,(H,21,23)(H,24,25). The van der Waals surface area contributed by atoms with E-state index in [1.54, 1.807) is 0 Å². The molecule has 0 fully saturated rings. The van der Waals surface area contributed by atoms with Crippen molar-refractivity contribution in [3.05, 3.63) is 68.7 Å². The average Bonchev–Trinajstić information content (AvgIpc) is 2.62. The zero-order valence-corrected chi connectivity index (χ0v) is 15.2. The van der Waals surface area contributed by atoms with Gasteiger partial charge in [-0.15, -0.1) is 0 Å². The van der Waals surface area contributed by atoms with Crippen LogP contribution in [0.5, 0.6) is 0 Å². The summed E-state index contributed by atoms with van der Waals surface area (Å²) in [6.45, 7) is 0. The van der Waals surface area contributed by atoms with Crippen molar-refractivity contribution in [2.24, 2.45) is 0 Å². The quantitative estimate of drug-likeness (QED) is 0.366. The fraction of sp³-hybridized carbons (Fsp3) is 0.263. The second-order valence-corrected chi connectivity index (χ2v) is 6.40. The highest BCUT2D eigenvalue weighted by molar-refractivity contribution is 6.31. The molecule has 27 heavy (non-hydrogen) atoms. The van der Waals surface area contributed by atoms with Gasteiger partial charge in [0.2, 0.25) is 5.91 Å². The van der Waals surface area contributed by atoms with E-state index in [2.05, 4.69) is 5.32 Å². The van der Waals surface area contributed by atoms with Crippen molar-refractivity contribution in [3.8, 4) is 0 Å². The smallest absolute Gasteiger partial charge is 0.335 e. The molecule has 0 saturated heterocycles. The summed E-state index contributed by atoms with van der Waals surface area (Å²) < 4.78 is 0. The maximum atomic E-state index is 12.1. The van der Waals surface area contributed by atoms with Gasteiger partial charge in [-0.2, -0.15) is 0 Å². The molecular formula is C19H19ClN2O5. The predicted octanol–water partition coefficient (Wildman–Crippen LogP) is 4.69. The summed E-state index contributed by atoms with van der Waals surface area (Å²) in [5.74, 6) is -1.61. The number of nitro groups is 1. The first-order valence-electron chi connectivity index (χ1n) is 8.43. The van der Waals surface area contributed by atoms with Gasteiger partial charge in [0.25, 0.3) is 5.69 Å². The van der Waals surface area contributed by atoms with Gasteiger partial charge in [0, 0.05) is 17.5 Å². The number of carboxylic acids is 1. The van der Waals surface area contributed by atoms with E-state index < -0.39 is 16.8 Å². The second-order valence-electron chi connectivity index (χ2n) is 5.99. The summed E-state index contributed by atoms with van der Waals surface area (Å²) in [7, 11) is 0. The fourth-order valence-corrected chi connectivity index (χ4v) is 2.85. The van der Waals surface area contributed by atoms with Crippen LogP contribution < -0.4 is 5.32 Å². The van der Waals surface area contributed by atoms with Crippen molar-refractivity contribution in [1.82, 2.24) is 0 Å². The molecule has 0 aliphatic carbocycles. The number of nitrogens with zero attached hydrogens (tertiary/aromatic N) is 1. The molecule has 2 aromatic carbocycles. The Hall–Kier alpha value is -2.93. The number of carbonyl (C=O) groups excluding carboxylic acids is 1. The van der Waals surface area contributed by atoms with Gasteiger partial charge in [-0.1, -0.05) is 36.2 Å². The third-order valence-corrected chi connectivity index (χ3v) is 4.39. The van der Waals surface area contributed by atoms with Crippen LogP contribution in [-0.2, 0) is 11.2 Å². The van der Waals surface area contributed by atoms with Gasteiger partial charge in [0.15, 0.2) is 0 Å². The number of rotatable bonds is 9. The van der Waals surface area contributed by atoms with Crippen LogP contribution in [0, 0.1) is 10.1 Å². The normalized spacial score (nSPS) is 10.4. The van der Waals surface area contributed by atoms with E-state index in [1.165, 1.54) is 0 Å². The molecule has 2 rings (SSSR count). The molecule has 0 heterocycles. The number of halogens is 1. The number of nitrogens with one attached hydrogen (secondary N) is 1. The van der Waals surface area contributed by atoms with E-state index >= 15 is 0 Å². The molecule has 0 radical (unpaired) electrons. The number of aryl methyl sites for hydroxylation is 1. The van der Waals surface area contributed by atoms with Crippen LogP contribution in [0.3, 0.4) is 0 Å². The van der Waals surface area contributed by atoms with Gasteiger partial charge in [-0.3, -0.25) is 14.9 Å². The monoisotopic (exact) mass is 390 g/mol. The molecule has 7 nitrogen and oxygen atoms in total. The summed E-state index contributed by atoms with van der Waals surface area (Å²) in [5.41, 5.74) is 0.480. The van der Waals surface area contributed by atoms with Gasteiger partial charge in [-0.05, 0) is 43.0 Å². The van der Waals surface area contributed by atoms with Crippen molar-refractivity contribution in [2.75, 3.05) is 5.32 Å². The first kappa shape index (κ1) is 20.4. The molecule has 142 valence electrons. The highest BCUT2D eigenvalue weighted by atomic mass is 35.5. The topological polar surface area (TPSA) is 110 Å². The van der Waals surface area contributed by atoms with Crippen molar-refractivity contribution in [2.45, 2.75) is 32.1 Å².